The summed E-state index contributed by atoms with van der Waals surface area (Å²) in [4.78, 5) is -0.613. The summed E-state index contributed by atoms with van der Waals surface area (Å²) in [7, 11) is -3.94. The minimum Gasteiger partial charge on any atom is -0.396 e. The quantitative estimate of drug-likeness (QED) is 0.783. The lowest BCUT2D eigenvalue weighted by Crippen LogP contribution is -2.26. The molecule has 1 aliphatic rings. The Morgan fingerprint density at radius 1 is 1.25 bits per heavy atom. The van der Waals surface area contributed by atoms with E-state index in [0.29, 0.717) is 6.07 Å². The highest BCUT2D eigenvalue weighted by Gasteiger charge is 2.30. The molecule has 0 unspecified atom stereocenters. The fourth-order valence-corrected chi connectivity index (χ4v) is 2.63. The number of benzene rings is 1. The van der Waals surface area contributed by atoms with Crippen LogP contribution < -0.4 is 10.5 Å². The van der Waals surface area contributed by atoms with Gasteiger partial charge in [-0.05, 0) is 18.9 Å². The van der Waals surface area contributed by atoms with Gasteiger partial charge in [-0.3, -0.25) is 0 Å². The number of rotatable bonds is 3. The fourth-order valence-electron chi connectivity index (χ4n) is 1.23. The molecule has 0 bridgehead atoms. The van der Waals surface area contributed by atoms with Crippen LogP contribution in [0.3, 0.4) is 0 Å². The van der Waals surface area contributed by atoms with E-state index >= 15 is 0 Å². The molecule has 0 radical (unpaired) electrons. The van der Waals surface area contributed by atoms with E-state index in [4.69, 9.17) is 5.73 Å². The predicted octanol–water partition coefficient (Wildman–Crippen LogP) is 0.988. The molecule has 88 valence electrons. The first-order valence-electron chi connectivity index (χ1n) is 4.67. The van der Waals surface area contributed by atoms with Crippen molar-refractivity contribution in [3.05, 3.63) is 23.8 Å². The van der Waals surface area contributed by atoms with Crippen LogP contribution in [-0.4, -0.2) is 14.5 Å². The van der Waals surface area contributed by atoms with Gasteiger partial charge in [-0.2, -0.15) is 0 Å². The molecule has 1 fully saturated rings. The Bertz CT molecular complexity index is 527. The molecular weight excluding hydrogens is 238 g/mol. The number of nitrogen functional groups attached to an aromatic ring is 1. The average Bonchev–Trinajstić information content (AvgIpc) is 2.94. The van der Waals surface area contributed by atoms with Gasteiger partial charge in [-0.25, -0.2) is 21.9 Å². The second kappa shape index (κ2) is 3.67. The Kier molecular flexibility index (Phi) is 2.59. The van der Waals surface area contributed by atoms with Crippen molar-refractivity contribution in [2.45, 2.75) is 23.8 Å². The highest BCUT2D eigenvalue weighted by molar-refractivity contribution is 7.89. The molecule has 4 nitrogen and oxygen atoms in total. The Morgan fingerprint density at radius 3 is 2.44 bits per heavy atom. The molecule has 0 spiro atoms. The van der Waals surface area contributed by atoms with E-state index < -0.39 is 32.2 Å². The Hall–Kier alpha value is -1.21. The molecule has 1 aliphatic carbocycles. The van der Waals surface area contributed by atoms with Gasteiger partial charge in [0, 0.05) is 12.1 Å². The molecule has 0 aliphatic heterocycles. The van der Waals surface area contributed by atoms with Crippen LogP contribution >= 0.6 is 0 Å². The standard InChI is InChI=1S/C9H10F2N2O2S/c10-6-3-7(11)9(4-8(6)12)16(14,15)13-5-1-2-5/h3-5,13H,1-2,12H2. The van der Waals surface area contributed by atoms with Gasteiger partial charge in [-0.15, -0.1) is 0 Å². The summed E-state index contributed by atoms with van der Waals surface area (Å²) in [5, 5.41) is 0. The molecule has 0 aromatic heterocycles. The maximum atomic E-state index is 13.3. The van der Waals surface area contributed by atoms with Gasteiger partial charge in [0.2, 0.25) is 10.0 Å². The topological polar surface area (TPSA) is 72.2 Å². The normalized spacial score (nSPS) is 16.4. The lowest BCUT2D eigenvalue weighted by molar-refractivity contribution is 0.544. The van der Waals surface area contributed by atoms with Crippen molar-refractivity contribution in [2.75, 3.05) is 5.73 Å². The summed E-state index contributed by atoms with van der Waals surface area (Å²) >= 11 is 0. The van der Waals surface area contributed by atoms with Crippen LogP contribution in [0.4, 0.5) is 14.5 Å². The second-order valence-corrected chi connectivity index (χ2v) is 5.38. The van der Waals surface area contributed by atoms with E-state index in [-0.39, 0.29) is 6.04 Å². The maximum absolute atomic E-state index is 13.3. The molecule has 1 aromatic carbocycles. The number of nitrogens with two attached hydrogens (primary N) is 1. The van der Waals surface area contributed by atoms with Gasteiger partial charge in [0.25, 0.3) is 0 Å². The molecule has 7 heteroatoms. The third kappa shape index (κ3) is 2.14. The van der Waals surface area contributed by atoms with Crippen molar-refractivity contribution in [3.63, 3.8) is 0 Å². The van der Waals surface area contributed by atoms with E-state index in [2.05, 4.69) is 4.72 Å². The monoisotopic (exact) mass is 248 g/mol. The van der Waals surface area contributed by atoms with Crippen LogP contribution in [0, 0.1) is 11.6 Å². The zero-order valence-corrected chi connectivity index (χ0v) is 9.02. The number of halogens is 2. The SMILES string of the molecule is Nc1cc(S(=O)(=O)NC2CC2)c(F)cc1F. The average molecular weight is 248 g/mol. The molecule has 1 aromatic rings. The first-order valence-corrected chi connectivity index (χ1v) is 6.15. The summed E-state index contributed by atoms with van der Waals surface area (Å²) < 4.78 is 51.7. The zero-order chi connectivity index (χ0) is 11.9. The summed E-state index contributed by atoms with van der Waals surface area (Å²) in [5.74, 6) is -2.11. The third-order valence-corrected chi connectivity index (χ3v) is 3.78. The van der Waals surface area contributed by atoms with Crippen molar-refractivity contribution in [1.29, 1.82) is 0 Å². The van der Waals surface area contributed by atoms with Gasteiger partial charge in [0.05, 0.1) is 5.69 Å². The first kappa shape index (κ1) is 11.3. The van der Waals surface area contributed by atoms with Crippen molar-refractivity contribution in [2.24, 2.45) is 0 Å². The van der Waals surface area contributed by atoms with Gasteiger partial charge in [0.1, 0.15) is 16.5 Å². The van der Waals surface area contributed by atoms with E-state index in [0.717, 1.165) is 18.9 Å². The number of hydrogen-bond donors (Lipinski definition) is 2. The minimum absolute atomic E-state index is 0.143. The van der Waals surface area contributed by atoms with E-state index in [1.54, 1.807) is 0 Å². The number of hydrogen-bond acceptors (Lipinski definition) is 3. The number of anilines is 1. The summed E-state index contributed by atoms with van der Waals surface area (Å²) in [6.45, 7) is 0. The Balaban J connectivity index is 2.42. The number of sulfonamides is 1. The lowest BCUT2D eigenvalue weighted by atomic mass is 10.3. The van der Waals surface area contributed by atoms with Crippen LogP contribution in [0.5, 0.6) is 0 Å². The fraction of sp³-hybridized carbons (Fsp3) is 0.333. The Labute approximate surface area is 91.5 Å². The zero-order valence-electron chi connectivity index (χ0n) is 8.20. The van der Waals surface area contributed by atoms with Crippen LogP contribution in [0.1, 0.15) is 12.8 Å². The van der Waals surface area contributed by atoms with E-state index in [9.17, 15) is 17.2 Å². The molecule has 0 heterocycles. The molecule has 0 amide bonds. The van der Waals surface area contributed by atoms with E-state index in [1.165, 1.54) is 0 Å². The van der Waals surface area contributed by atoms with E-state index in [1.807, 2.05) is 0 Å². The maximum Gasteiger partial charge on any atom is 0.243 e. The molecule has 0 atom stereocenters. The summed E-state index contributed by atoms with van der Waals surface area (Å²) in [6.07, 6.45) is 1.47. The van der Waals surface area contributed by atoms with Crippen LogP contribution in [0.2, 0.25) is 0 Å². The van der Waals surface area contributed by atoms with Crippen LogP contribution in [-0.2, 0) is 10.0 Å². The van der Waals surface area contributed by atoms with Gasteiger partial charge in [0.15, 0.2) is 0 Å². The smallest absolute Gasteiger partial charge is 0.243 e. The van der Waals surface area contributed by atoms with Crippen molar-refractivity contribution in [3.8, 4) is 0 Å². The highest BCUT2D eigenvalue weighted by atomic mass is 32.2. The molecular formula is C9H10F2N2O2S. The van der Waals surface area contributed by atoms with Gasteiger partial charge in [-0.1, -0.05) is 0 Å². The Morgan fingerprint density at radius 2 is 1.88 bits per heavy atom. The van der Waals surface area contributed by atoms with Crippen molar-refractivity contribution >= 4 is 15.7 Å². The van der Waals surface area contributed by atoms with Crippen LogP contribution in [0.25, 0.3) is 0 Å². The first-order chi connectivity index (χ1) is 7.40. The molecule has 0 saturated heterocycles. The largest absolute Gasteiger partial charge is 0.396 e. The van der Waals surface area contributed by atoms with Crippen molar-refractivity contribution < 1.29 is 17.2 Å². The molecule has 2 rings (SSSR count). The highest BCUT2D eigenvalue weighted by Crippen LogP contribution is 2.25. The third-order valence-electron chi connectivity index (χ3n) is 2.24. The molecule has 3 N–H and O–H groups in total. The predicted molar refractivity (Wildman–Crippen MR) is 54.1 cm³/mol. The summed E-state index contributed by atoms with van der Waals surface area (Å²) in [5.41, 5.74) is 4.81. The van der Waals surface area contributed by atoms with Gasteiger partial charge >= 0.3 is 0 Å². The minimum atomic E-state index is -3.94. The van der Waals surface area contributed by atoms with Gasteiger partial charge < -0.3 is 5.73 Å². The van der Waals surface area contributed by atoms with Crippen molar-refractivity contribution in [1.82, 2.24) is 4.72 Å². The number of nitrogens with one attached hydrogen (secondary N) is 1. The lowest BCUT2D eigenvalue weighted by Gasteiger charge is -2.07. The van der Waals surface area contributed by atoms with Crippen LogP contribution in [0.15, 0.2) is 17.0 Å². The second-order valence-electron chi connectivity index (χ2n) is 3.70. The summed E-state index contributed by atoms with van der Waals surface area (Å²) in [6, 6.07) is 1.11. The molecule has 1 saturated carbocycles. The molecule has 16 heavy (non-hydrogen) atoms.